The topological polar surface area (TPSA) is 105 Å². The van der Waals surface area contributed by atoms with E-state index < -0.39 is 10.0 Å². The molecule has 4 N–H and O–H groups in total. The molecule has 8 heteroatoms. The molecule has 0 spiro atoms. The molecule has 118 valence electrons. The lowest BCUT2D eigenvalue weighted by Crippen LogP contribution is -2.14. The summed E-state index contributed by atoms with van der Waals surface area (Å²) in [5, 5.41) is 9.13. The van der Waals surface area contributed by atoms with E-state index in [4.69, 9.17) is 16.7 Å². The third-order valence-corrected chi connectivity index (χ3v) is 4.45. The Hall–Kier alpha value is -2.35. The van der Waals surface area contributed by atoms with E-state index in [1.165, 1.54) is 24.3 Å². The summed E-state index contributed by atoms with van der Waals surface area (Å²) in [5.74, 6) is -0.371. The fourth-order valence-electron chi connectivity index (χ4n) is 2.22. The smallest absolute Gasteiger partial charge is 0.255 e. The van der Waals surface area contributed by atoms with Crippen molar-refractivity contribution in [3.63, 3.8) is 0 Å². The lowest BCUT2D eigenvalue weighted by molar-refractivity contribution is 0.102. The van der Waals surface area contributed by atoms with Gasteiger partial charge in [-0.1, -0.05) is 23.7 Å². The quantitative estimate of drug-likeness (QED) is 0.677. The molecular formula is C15H12ClN3O3S. The van der Waals surface area contributed by atoms with Crippen LogP contribution in [0.2, 0.25) is 5.15 Å². The van der Waals surface area contributed by atoms with Crippen molar-refractivity contribution in [2.24, 2.45) is 5.14 Å². The molecule has 0 fully saturated rings. The summed E-state index contributed by atoms with van der Waals surface area (Å²) in [6, 6.07) is 12.5. The number of nitrogens with one attached hydrogen (secondary N) is 2. The molecule has 3 rings (SSSR count). The summed E-state index contributed by atoms with van der Waals surface area (Å²) in [5.41, 5.74) is 1.61. The van der Waals surface area contributed by atoms with E-state index in [0.717, 1.165) is 5.39 Å². The lowest BCUT2D eigenvalue weighted by Gasteiger charge is -2.07. The molecule has 0 radical (unpaired) electrons. The van der Waals surface area contributed by atoms with Gasteiger partial charge in [0.1, 0.15) is 5.15 Å². The Morgan fingerprint density at radius 1 is 1.13 bits per heavy atom. The summed E-state index contributed by atoms with van der Waals surface area (Å²) in [7, 11) is -3.78. The van der Waals surface area contributed by atoms with Gasteiger partial charge in [-0.2, -0.15) is 0 Å². The summed E-state index contributed by atoms with van der Waals surface area (Å²) < 4.78 is 22.4. The number of carbonyl (C=O) groups is 1. The van der Waals surface area contributed by atoms with E-state index in [1.807, 2.05) is 6.07 Å². The van der Waals surface area contributed by atoms with Crippen molar-refractivity contribution in [1.29, 1.82) is 0 Å². The van der Waals surface area contributed by atoms with E-state index in [1.54, 1.807) is 18.2 Å². The number of primary sulfonamides is 1. The number of benzene rings is 2. The van der Waals surface area contributed by atoms with Gasteiger partial charge in [-0.15, -0.1) is 0 Å². The van der Waals surface area contributed by atoms with Gasteiger partial charge in [0.25, 0.3) is 5.91 Å². The lowest BCUT2D eigenvalue weighted by atomic mass is 10.2. The van der Waals surface area contributed by atoms with Gasteiger partial charge in [0.15, 0.2) is 0 Å². The molecule has 1 aromatic heterocycles. The van der Waals surface area contributed by atoms with Crippen LogP contribution >= 0.6 is 11.6 Å². The minimum absolute atomic E-state index is 0.0488. The summed E-state index contributed by atoms with van der Waals surface area (Å²) >= 11 is 5.93. The third kappa shape index (κ3) is 3.21. The first kappa shape index (κ1) is 15.5. The minimum atomic E-state index is -3.78. The second-order valence-corrected chi connectivity index (χ2v) is 6.88. The molecule has 0 saturated carbocycles. The van der Waals surface area contributed by atoms with Gasteiger partial charge in [0.05, 0.1) is 16.1 Å². The van der Waals surface area contributed by atoms with Crippen LogP contribution in [0.5, 0.6) is 0 Å². The van der Waals surface area contributed by atoms with Crippen LogP contribution in [0.4, 0.5) is 5.69 Å². The fraction of sp³-hybridized carbons (Fsp3) is 0. The predicted molar refractivity (Wildman–Crippen MR) is 89.1 cm³/mol. The highest BCUT2D eigenvalue weighted by Crippen LogP contribution is 2.26. The van der Waals surface area contributed by atoms with Crippen LogP contribution in [-0.4, -0.2) is 19.3 Å². The maximum atomic E-state index is 12.3. The zero-order valence-electron chi connectivity index (χ0n) is 11.7. The summed E-state index contributed by atoms with van der Waals surface area (Å²) in [6.07, 6.45) is 0. The molecule has 2 aromatic carbocycles. The van der Waals surface area contributed by atoms with Crippen molar-refractivity contribution < 1.29 is 13.2 Å². The van der Waals surface area contributed by atoms with Crippen molar-refractivity contribution >= 4 is 44.1 Å². The molecule has 0 saturated heterocycles. The number of amides is 1. The number of hydrogen-bond acceptors (Lipinski definition) is 3. The van der Waals surface area contributed by atoms with Crippen molar-refractivity contribution in [3.8, 4) is 0 Å². The van der Waals surface area contributed by atoms with Gasteiger partial charge in [-0.25, -0.2) is 13.6 Å². The molecule has 1 heterocycles. The number of aromatic nitrogens is 1. The van der Waals surface area contributed by atoms with Gasteiger partial charge in [0.2, 0.25) is 10.0 Å². The van der Waals surface area contributed by atoms with Crippen LogP contribution in [0, 0.1) is 0 Å². The molecule has 3 aromatic rings. The van der Waals surface area contributed by atoms with Crippen molar-refractivity contribution in [2.45, 2.75) is 4.90 Å². The first-order valence-electron chi connectivity index (χ1n) is 6.56. The maximum Gasteiger partial charge on any atom is 0.255 e. The number of carbonyl (C=O) groups excluding carboxylic acids is 1. The number of H-pyrrole nitrogens is 1. The molecule has 0 unspecified atom stereocenters. The van der Waals surface area contributed by atoms with Crippen LogP contribution in [0.3, 0.4) is 0 Å². The van der Waals surface area contributed by atoms with Gasteiger partial charge in [-0.05, 0) is 36.4 Å². The number of para-hydroxylation sites is 1. The summed E-state index contributed by atoms with van der Waals surface area (Å²) in [6.45, 7) is 0. The average molecular weight is 350 g/mol. The van der Waals surface area contributed by atoms with Gasteiger partial charge in [-0.3, -0.25) is 4.79 Å². The maximum absolute atomic E-state index is 12.3. The molecule has 23 heavy (non-hydrogen) atoms. The molecule has 1 amide bonds. The molecule has 0 aliphatic rings. The Bertz CT molecular complexity index is 994. The highest BCUT2D eigenvalue weighted by atomic mass is 35.5. The Morgan fingerprint density at radius 3 is 2.48 bits per heavy atom. The minimum Gasteiger partial charge on any atom is -0.344 e. The van der Waals surface area contributed by atoms with E-state index in [9.17, 15) is 13.2 Å². The highest BCUT2D eigenvalue weighted by Gasteiger charge is 2.12. The number of fused-ring (bicyclic) bond motifs is 1. The van der Waals surface area contributed by atoms with Crippen LogP contribution in [0.25, 0.3) is 10.9 Å². The molecule has 0 aliphatic carbocycles. The zero-order valence-corrected chi connectivity index (χ0v) is 13.3. The Balaban J connectivity index is 1.89. The van der Waals surface area contributed by atoms with Crippen molar-refractivity contribution in [2.75, 3.05) is 5.32 Å². The molecular weight excluding hydrogens is 338 g/mol. The van der Waals surface area contributed by atoms with Crippen LogP contribution in [-0.2, 0) is 10.0 Å². The Kier molecular flexibility index (Phi) is 3.85. The molecule has 0 atom stereocenters. The molecule has 6 nitrogen and oxygen atoms in total. The van der Waals surface area contributed by atoms with Crippen LogP contribution in [0.15, 0.2) is 53.4 Å². The van der Waals surface area contributed by atoms with Crippen molar-refractivity contribution in [3.05, 3.63) is 59.2 Å². The third-order valence-electron chi connectivity index (χ3n) is 3.32. The zero-order chi connectivity index (χ0) is 16.6. The second-order valence-electron chi connectivity index (χ2n) is 4.91. The fourth-order valence-corrected chi connectivity index (χ4v) is 2.94. The monoisotopic (exact) mass is 349 g/mol. The number of nitrogens with two attached hydrogens (primary N) is 1. The van der Waals surface area contributed by atoms with Crippen molar-refractivity contribution in [1.82, 2.24) is 4.98 Å². The van der Waals surface area contributed by atoms with Gasteiger partial charge in [0, 0.05) is 10.9 Å². The number of aromatic amines is 1. The second kappa shape index (κ2) is 5.69. The molecule has 0 aliphatic heterocycles. The first-order valence-corrected chi connectivity index (χ1v) is 8.48. The normalized spacial score (nSPS) is 11.6. The van der Waals surface area contributed by atoms with E-state index in [2.05, 4.69) is 10.3 Å². The van der Waals surface area contributed by atoms with Gasteiger partial charge < -0.3 is 10.3 Å². The Labute approximate surface area is 137 Å². The number of anilines is 1. The number of halogens is 1. The van der Waals surface area contributed by atoms with E-state index >= 15 is 0 Å². The highest BCUT2D eigenvalue weighted by molar-refractivity contribution is 7.89. The van der Waals surface area contributed by atoms with E-state index in [0.29, 0.717) is 21.9 Å². The number of hydrogen-bond donors (Lipinski definition) is 3. The SMILES string of the molecule is NS(=O)(=O)c1ccc(C(=O)Nc2cccc3cc(Cl)[nH]c23)cc1. The first-order chi connectivity index (χ1) is 10.8. The van der Waals surface area contributed by atoms with Gasteiger partial charge >= 0.3 is 0 Å². The standard InChI is InChI=1S/C15H12ClN3O3S/c16-13-8-10-2-1-3-12(14(10)19-13)18-15(20)9-4-6-11(7-5-9)23(17,21)22/h1-8,19H,(H,18,20)(H2,17,21,22). The largest absolute Gasteiger partial charge is 0.344 e. The molecule has 0 bridgehead atoms. The predicted octanol–water partition coefficient (Wildman–Crippen LogP) is 2.72. The number of rotatable bonds is 3. The average Bonchev–Trinajstić information content (AvgIpc) is 2.88. The van der Waals surface area contributed by atoms with E-state index in [-0.39, 0.29) is 10.8 Å². The Morgan fingerprint density at radius 2 is 1.83 bits per heavy atom. The number of sulfonamides is 1. The van der Waals surface area contributed by atoms with Crippen LogP contribution in [0.1, 0.15) is 10.4 Å². The summed E-state index contributed by atoms with van der Waals surface area (Å²) in [4.78, 5) is 15.2. The van der Waals surface area contributed by atoms with Crippen LogP contribution < -0.4 is 10.5 Å².